The average molecular weight is 791 g/mol. The number of aliphatic hydroxyl groups is 4. The molecule has 4 N–H and O–H groups in total. The minimum absolute atomic E-state index is 0.0505. The fraction of sp³-hybridized carbons (Fsp3) is 0.684. The largest absolute Gasteiger partial charge is 0.494 e. The highest BCUT2D eigenvalue weighted by Crippen LogP contribution is 2.43. The van der Waals surface area contributed by atoms with Gasteiger partial charge in [0, 0.05) is 15.3 Å². The molecule has 0 spiro atoms. The second-order valence-electron chi connectivity index (χ2n) is 17.7. The zero-order chi connectivity index (χ0) is 39.8. The molecule has 0 aliphatic carbocycles. The van der Waals surface area contributed by atoms with Gasteiger partial charge in [-0.05, 0) is 112 Å². The number of rotatable bonds is 8. The molecule has 0 saturated carbocycles. The van der Waals surface area contributed by atoms with Crippen LogP contribution in [0.4, 0.5) is 0 Å². The molecule has 3 saturated heterocycles. The Balaban J connectivity index is 0.000000216. The molecule has 2 aromatic carbocycles. The van der Waals surface area contributed by atoms with E-state index in [0.29, 0.717) is 0 Å². The highest BCUT2D eigenvalue weighted by Gasteiger charge is 2.63. The van der Waals surface area contributed by atoms with Crippen molar-refractivity contribution < 1.29 is 48.4 Å². The molecule has 2 aromatic rings. The first-order valence-corrected chi connectivity index (χ1v) is 18.8. The lowest BCUT2D eigenvalue weighted by Gasteiger charge is -2.32. The Kier molecular flexibility index (Phi) is 13.9. The van der Waals surface area contributed by atoms with Gasteiger partial charge in [0.25, 0.3) is 0 Å². The molecule has 3 aliphatic rings. The van der Waals surface area contributed by atoms with Crippen molar-refractivity contribution in [2.45, 2.75) is 141 Å². The lowest BCUT2D eigenvalue weighted by Crippen LogP contribution is -2.41. The van der Waals surface area contributed by atoms with Crippen LogP contribution in [0.1, 0.15) is 108 Å². The van der Waals surface area contributed by atoms with E-state index in [1.165, 1.54) is 0 Å². The summed E-state index contributed by atoms with van der Waals surface area (Å²) in [7, 11) is -1.34. The van der Waals surface area contributed by atoms with Crippen LogP contribution >= 0.6 is 15.9 Å². The lowest BCUT2D eigenvalue weighted by atomic mass is 9.49. The fourth-order valence-corrected chi connectivity index (χ4v) is 5.60. The third-order valence-electron chi connectivity index (χ3n) is 11.8. The summed E-state index contributed by atoms with van der Waals surface area (Å²) in [5.74, 6) is 0. The molecule has 0 atom stereocenters. The van der Waals surface area contributed by atoms with Gasteiger partial charge in [0.2, 0.25) is 0 Å². The fourth-order valence-electron chi connectivity index (χ4n) is 5.34. The average Bonchev–Trinajstić information content (AvgIpc) is 3.54. The van der Waals surface area contributed by atoms with Crippen LogP contribution in [0.2, 0.25) is 0 Å². The molecule has 0 unspecified atom stereocenters. The van der Waals surface area contributed by atoms with Gasteiger partial charge in [-0.25, -0.2) is 0 Å². The van der Waals surface area contributed by atoms with Gasteiger partial charge in [-0.15, -0.1) is 0 Å². The quantitative estimate of drug-likeness (QED) is 0.266. The summed E-state index contributed by atoms with van der Waals surface area (Å²) < 4.78 is 36.9. The topological polar surface area (TPSA) is 136 Å². The van der Waals surface area contributed by atoms with Gasteiger partial charge in [0.05, 0.1) is 60.0 Å². The van der Waals surface area contributed by atoms with Crippen molar-refractivity contribution in [2.24, 2.45) is 0 Å². The molecule has 0 aromatic heterocycles. The number of hydrogen-bond donors (Lipinski definition) is 4. The Morgan fingerprint density at radius 1 is 0.462 bits per heavy atom. The van der Waals surface area contributed by atoms with Crippen LogP contribution in [-0.4, -0.2) is 102 Å². The number of benzene rings is 2. The van der Waals surface area contributed by atoms with E-state index in [9.17, 15) is 10.2 Å². The van der Waals surface area contributed by atoms with Crippen LogP contribution in [0.5, 0.6) is 0 Å². The lowest BCUT2D eigenvalue weighted by molar-refractivity contribution is 0.00578. The molecule has 0 radical (unpaired) electrons. The first-order valence-electron chi connectivity index (χ1n) is 18.0. The van der Waals surface area contributed by atoms with E-state index in [4.69, 9.17) is 38.1 Å². The van der Waals surface area contributed by atoms with E-state index >= 15 is 0 Å². The minimum Gasteiger partial charge on any atom is -0.405 e. The Morgan fingerprint density at radius 3 is 0.981 bits per heavy atom. The maximum atomic E-state index is 9.45. The van der Waals surface area contributed by atoms with Gasteiger partial charge in [-0.1, -0.05) is 66.2 Å². The smallest absolute Gasteiger partial charge is 0.405 e. The SMILES string of the molecule is CC(CO)(CO)c1ccc(B2OC(C)(C)C(C)(C)O2)cc1.CC(CO)(CO)c1ccc(Br)cc1.CC1(C)OB(B2OC(C)(C)C(C)(C)O2)OC1(C)C. The zero-order valence-electron chi connectivity index (χ0n) is 33.8. The monoisotopic (exact) mass is 790 g/mol. The standard InChI is InChI=1S/C16H25BO4.C12H24B2O4.C10H13BrO2/c1-14(2)15(3,4)21-17(20-14)13-8-6-12(7-9-13)16(5,10-18)11-19;1-9(2)10(3,4)16-13(15-9)14-17-11(5,6)12(7,8)18-14;1-10(6-12,7-13)8-2-4-9(11)5-3-8/h6-9,18-19H,10-11H2,1-5H3;1-8H3;2-5,12-13H,6-7H2,1H3. The maximum Gasteiger partial charge on any atom is 0.494 e. The van der Waals surface area contributed by atoms with Crippen molar-refractivity contribution in [3.05, 3.63) is 64.1 Å². The van der Waals surface area contributed by atoms with E-state index in [1.54, 1.807) is 0 Å². The summed E-state index contributed by atoms with van der Waals surface area (Å²) in [4.78, 5) is 0. The third-order valence-corrected chi connectivity index (χ3v) is 12.4. The first-order chi connectivity index (χ1) is 23.7. The van der Waals surface area contributed by atoms with Crippen LogP contribution in [0.15, 0.2) is 53.0 Å². The third kappa shape index (κ3) is 9.56. The number of hydrogen-bond acceptors (Lipinski definition) is 10. The van der Waals surface area contributed by atoms with Crippen LogP contribution in [0, 0.1) is 0 Å². The highest BCUT2D eigenvalue weighted by atomic mass is 79.9. The van der Waals surface area contributed by atoms with Crippen molar-refractivity contribution in [3.8, 4) is 0 Å². The van der Waals surface area contributed by atoms with Crippen molar-refractivity contribution in [2.75, 3.05) is 26.4 Å². The molecule has 5 rings (SSSR count). The van der Waals surface area contributed by atoms with E-state index in [-0.39, 0.29) is 60.0 Å². The van der Waals surface area contributed by atoms with Crippen LogP contribution < -0.4 is 5.46 Å². The van der Waals surface area contributed by atoms with Gasteiger partial charge in [0.15, 0.2) is 0 Å². The second kappa shape index (κ2) is 16.1. The van der Waals surface area contributed by atoms with E-state index < -0.39 is 32.0 Å². The maximum absolute atomic E-state index is 9.45. The van der Waals surface area contributed by atoms with Crippen LogP contribution in [-0.2, 0) is 38.8 Å². The predicted octanol–water partition coefficient (Wildman–Crippen LogP) is 5.17. The van der Waals surface area contributed by atoms with E-state index in [2.05, 4.69) is 15.9 Å². The molecule has 14 heteroatoms. The van der Waals surface area contributed by atoms with Gasteiger partial charge < -0.3 is 48.4 Å². The van der Waals surface area contributed by atoms with Crippen molar-refractivity contribution in [1.82, 2.24) is 0 Å². The number of aliphatic hydroxyl groups excluding tert-OH is 4. The summed E-state index contributed by atoms with van der Waals surface area (Å²) in [5.41, 5.74) is -0.549. The summed E-state index contributed by atoms with van der Waals surface area (Å²) in [5, 5.41) is 37.2. The molecule has 3 aliphatic heterocycles. The Bertz CT molecular complexity index is 1370. The predicted molar refractivity (Wildman–Crippen MR) is 212 cm³/mol. The summed E-state index contributed by atoms with van der Waals surface area (Å²) >= 11 is 3.33. The summed E-state index contributed by atoms with van der Waals surface area (Å²) in [6.45, 7) is 27.7. The minimum atomic E-state index is -0.630. The molecular formula is C38H62B3BrO10. The Hall–Kier alpha value is -1.29. The van der Waals surface area contributed by atoms with Gasteiger partial charge in [0.1, 0.15) is 0 Å². The highest BCUT2D eigenvalue weighted by molar-refractivity contribution is 9.10. The molecule has 290 valence electrons. The molecular weight excluding hydrogens is 729 g/mol. The molecule has 3 heterocycles. The summed E-state index contributed by atoms with van der Waals surface area (Å²) in [6, 6.07) is 15.3. The van der Waals surface area contributed by atoms with E-state index in [0.717, 1.165) is 21.1 Å². The molecule has 0 bridgehead atoms. The number of halogens is 1. The molecule has 3 fully saturated rings. The molecule has 52 heavy (non-hydrogen) atoms. The Morgan fingerprint density at radius 2 is 0.712 bits per heavy atom. The van der Waals surface area contributed by atoms with Gasteiger partial charge >= 0.3 is 21.1 Å². The van der Waals surface area contributed by atoms with Crippen molar-refractivity contribution in [1.29, 1.82) is 0 Å². The van der Waals surface area contributed by atoms with Gasteiger partial charge in [-0.2, -0.15) is 0 Å². The normalized spacial score (nSPS) is 22.4. The molecule has 0 amide bonds. The zero-order valence-corrected chi connectivity index (χ0v) is 35.4. The van der Waals surface area contributed by atoms with E-state index in [1.807, 2.05) is 145 Å². The van der Waals surface area contributed by atoms with Crippen LogP contribution in [0.3, 0.4) is 0 Å². The molecule has 10 nitrogen and oxygen atoms in total. The van der Waals surface area contributed by atoms with Crippen LogP contribution in [0.25, 0.3) is 0 Å². The van der Waals surface area contributed by atoms with Crippen molar-refractivity contribution in [3.63, 3.8) is 0 Å². The van der Waals surface area contributed by atoms with Crippen molar-refractivity contribution >= 4 is 42.5 Å². The Labute approximate surface area is 321 Å². The van der Waals surface area contributed by atoms with Gasteiger partial charge in [-0.3, -0.25) is 0 Å². The first kappa shape index (κ1) is 45.1. The second-order valence-corrected chi connectivity index (χ2v) is 18.6. The summed E-state index contributed by atoms with van der Waals surface area (Å²) in [6.07, 6.45) is 0.